The Balaban J connectivity index is 1.58. The van der Waals surface area contributed by atoms with Crippen molar-refractivity contribution in [2.75, 3.05) is 26.8 Å². The number of esters is 1. The first kappa shape index (κ1) is 18.6. The minimum atomic E-state index is -0.726. The van der Waals surface area contributed by atoms with Gasteiger partial charge < -0.3 is 19.8 Å². The topological polar surface area (TPSA) is 100.0 Å². The van der Waals surface area contributed by atoms with Crippen LogP contribution in [0.25, 0.3) is 0 Å². The third-order valence-electron chi connectivity index (χ3n) is 6.09. The van der Waals surface area contributed by atoms with E-state index in [1.54, 1.807) is 4.90 Å². The van der Waals surface area contributed by atoms with Gasteiger partial charge in [0.05, 0.1) is 24.3 Å². The molecule has 1 saturated carbocycles. The summed E-state index contributed by atoms with van der Waals surface area (Å²) in [4.78, 5) is 30.2. The number of methoxy groups -OCH3 is 1. The Kier molecular flexibility index (Phi) is 4.64. The molecule has 4 rings (SSSR count). The molecule has 2 fully saturated rings. The minimum Gasteiger partial charge on any atom is -0.465 e. The lowest BCUT2D eigenvalue weighted by Crippen LogP contribution is -2.30. The lowest BCUT2D eigenvalue weighted by Gasteiger charge is -2.17. The zero-order valence-electron chi connectivity index (χ0n) is 15.5. The van der Waals surface area contributed by atoms with Crippen LogP contribution >= 0.6 is 0 Å². The summed E-state index contributed by atoms with van der Waals surface area (Å²) in [6.07, 6.45) is 2.02. The maximum Gasteiger partial charge on any atom is 0.339 e. The van der Waals surface area contributed by atoms with Gasteiger partial charge in [0, 0.05) is 37.5 Å². The van der Waals surface area contributed by atoms with Crippen LogP contribution in [0, 0.1) is 11.3 Å². The molecule has 2 aromatic rings. The average molecular weight is 382 g/mol. The van der Waals surface area contributed by atoms with Crippen molar-refractivity contribution in [1.82, 2.24) is 9.88 Å². The molecule has 2 aliphatic rings. The Morgan fingerprint density at radius 3 is 2.64 bits per heavy atom. The van der Waals surface area contributed by atoms with Gasteiger partial charge in [-0.3, -0.25) is 9.78 Å². The molecule has 1 saturated heterocycles. The van der Waals surface area contributed by atoms with E-state index in [4.69, 9.17) is 0 Å². The van der Waals surface area contributed by atoms with Crippen LogP contribution in [0.15, 0.2) is 48.8 Å². The number of benzene rings is 1. The highest BCUT2D eigenvalue weighted by molar-refractivity contribution is 5.97. The molecule has 2 heterocycles. The maximum absolute atomic E-state index is 13.0. The molecular weight excluding hydrogens is 360 g/mol. The van der Waals surface area contributed by atoms with Crippen molar-refractivity contribution < 1.29 is 24.5 Å². The fourth-order valence-corrected chi connectivity index (χ4v) is 4.69. The van der Waals surface area contributed by atoms with Crippen LogP contribution in [-0.2, 0) is 4.74 Å². The zero-order chi connectivity index (χ0) is 19.9. The second kappa shape index (κ2) is 7.00. The van der Waals surface area contributed by atoms with Gasteiger partial charge in [0.1, 0.15) is 0 Å². The van der Waals surface area contributed by atoms with E-state index in [-0.39, 0.29) is 42.0 Å². The molecule has 1 aromatic carbocycles. The number of hydrogen-bond acceptors (Lipinski definition) is 6. The first-order valence-corrected chi connectivity index (χ1v) is 9.19. The number of nitrogens with zero attached hydrogens (tertiary/aromatic N) is 2. The average Bonchev–Trinajstić information content (AvgIpc) is 3.28. The van der Waals surface area contributed by atoms with Crippen LogP contribution in [-0.4, -0.2) is 64.9 Å². The molecule has 1 aliphatic carbocycles. The van der Waals surface area contributed by atoms with E-state index in [0.717, 1.165) is 5.56 Å². The predicted octanol–water partition coefficient (Wildman–Crippen LogP) is 1.08. The van der Waals surface area contributed by atoms with E-state index in [1.807, 2.05) is 30.3 Å². The number of pyridine rings is 1. The van der Waals surface area contributed by atoms with Gasteiger partial charge in [-0.1, -0.05) is 30.3 Å². The number of aromatic nitrogens is 1. The summed E-state index contributed by atoms with van der Waals surface area (Å²) in [5.41, 5.74) is 0.984. The van der Waals surface area contributed by atoms with Gasteiger partial charge >= 0.3 is 5.97 Å². The minimum absolute atomic E-state index is 0.00558. The summed E-state index contributed by atoms with van der Waals surface area (Å²) in [5, 5.41) is 20.7. The first-order chi connectivity index (χ1) is 13.5. The Bertz CT molecular complexity index is 903. The summed E-state index contributed by atoms with van der Waals surface area (Å²) in [6.45, 7) is 0.486. The largest absolute Gasteiger partial charge is 0.465 e. The maximum atomic E-state index is 13.0. The van der Waals surface area contributed by atoms with E-state index in [0.29, 0.717) is 6.54 Å². The summed E-state index contributed by atoms with van der Waals surface area (Å²) in [6, 6.07) is 11.2. The van der Waals surface area contributed by atoms with E-state index in [2.05, 4.69) is 9.72 Å². The second-order valence-electron chi connectivity index (χ2n) is 7.45. The third-order valence-corrected chi connectivity index (χ3v) is 6.09. The Morgan fingerprint density at radius 2 is 1.96 bits per heavy atom. The fourth-order valence-electron chi connectivity index (χ4n) is 4.69. The molecular formula is C21H22N2O5. The number of carbonyl (C=O) groups excluding carboxylic acids is 2. The molecule has 7 nitrogen and oxygen atoms in total. The quantitative estimate of drug-likeness (QED) is 0.768. The highest BCUT2D eigenvalue weighted by atomic mass is 16.5. The van der Waals surface area contributed by atoms with Crippen molar-refractivity contribution in [1.29, 1.82) is 0 Å². The summed E-state index contributed by atoms with van der Waals surface area (Å²) >= 11 is 0. The normalized spacial score (nSPS) is 28.4. The van der Waals surface area contributed by atoms with E-state index in [9.17, 15) is 19.8 Å². The van der Waals surface area contributed by atoms with Crippen molar-refractivity contribution in [3.8, 4) is 0 Å². The third kappa shape index (κ3) is 2.78. The number of ether oxygens (including phenoxy) is 1. The van der Waals surface area contributed by atoms with E-state index < -0.39 is 17.5 Å². The van der Waals surface area contributed by atoms with Crippen molar-refractivity contribution in [2.45, 2.75) is 12.0 Å². The number of amides is 1. The Morgan fingerprint density at radius 1 is 1.25 bits per heavy atom. The summed E-state index contributed by atoms with van der Waals surface area (Å²) in [7, 11) is 1.27. The smallest absolute Gasteiger partial charge is 0.339 e. The summed E-state index contributed by atoms with van der Waals surface area (Å²) in [5.74, 6) is -0.954. The van der Waals surface area contributed by atoms with Crippen LogP contribution in [0.5, 0.6) is 0 Å². The van der Waals surface area contributed by atoms with Gasteiger partial charge in [-0.05, 0) is 23.5 Å². The molecule has 1 aromatic heterocycles. The van der Waals surface area contributed by atoms with Crippen molar-refractivity contribution in [3.63, 3.8) is 0 Å². The molecule has 28 heavy (non-hydrogen) atoms. The van der Waals surface area contributed by atoms with Gasteiger partial charge in [0.25, 0.3) is 5.91 Å². The lowest BCUT2D eigenvalue weighted by atomic mass is 9.95. The molecule has 0 radical (unpaired) electrons. The van der Waals surface area contributed by atoms with Crippen molar-refractivity contribution >= 4 is 11.9 Å². The number of β-amino-alcohol motifs (C(OH)–C–C–N with tert-alkyl or cyclic N) is 1. The molecule has 1 aliphatic heterocycles. The van der Waals surface area contributed by atoms with Crippen LogP contribution in [0.1, 0.15) is 32.2 Å². The van der Waals surface area contributed by atoms with E-state index >= 15 is 0 Å². The number of carbonyl (C=O) groups is 2. The van der Waals surface area contributed by atoms with Crippen LogP contribution in [0.2, 0.25) is 0 Å². The van der Waals surface area contributed by atoms with Crippen LogP contribution in [0.4, 0.5) is 0 Å². The molecule has 1 spiro atoms. The number of likely N-dealkylation sites (tertiary alicyclic amines) is 1. The first-order valence-electron chi connectivity index (χ1n) is 9.19. The van der Waals surface area contributed by atoms with Gasteiger partial charge in [0.15, 0.2) is 0 Å². The predicted molar refractivity (Wildman–Crippen MR) is 99.7 cm³/mol. The molecule has 7 heteroatoms. The second-order valence-corrected chi connectivity index (χ2v) is 7.45. The molecule has 0 bridgehead atoms. The van der Waals surface area contributed by atoms with Gasteiger partial charge in [-0.15, -0.1) is 0 Å². The SMILES string of the molecule is COC(=O)c1cncc(C(=O)N2C[C@H](O)[C@@]3(C2)[C@H](CO)[C@H]3c2ccccc2)c1. The fraction of sp³-hybridized carbons (Fsp3) is 0.381. The zero-order valence-corrected chi connectivity index (χ0v) is 15.5. The van der Waals surface area contributed by atoms with Gasteiger partial charge in [0.2, 0.25) is 0 Å². The molecule has 0 unspecified atom stereocenters. The lowest BCUT2D eigenvalue weighted by molar-refractivity contribution is 0.0600. The monoisotopic (exact) mass is 382 g/mol. The van der Waals surface area contributed by atoms with Gasteiger partial charge in [-0.2, -0.15) is 0 Å². The number of rotatable bonds is 4. The van der Waals surface area contributed by atoms with E-state index in [1.165, 1.54) is 25.6 Å². The number of aliphatic hydroxyl groups is 2. The van der Waals surface area contributed by atoms with Gasteiger partial charge in [-0.25, -0.2) is 4.79 Å². The van der Waals surface area contributed by atoms with Crippen molar-refractivity contribution in [2.24, 2.45) is 11.3 Å². The highest BCUT2D eigenvalue weighted by Gasteiger charge is 2.71. The van der Waals surface area contributed by atoms with Crippen LogP contribution in [0.3, 0.4) is 0 Å². The van der Waals surface area contributed by atoms with Crippen LogP contribution < -0.4 is 0 Å². The Labute approximate surface area is 162 Å². The molecule has 146 valence electrons. The standard InChI is InChI=1S/C21H22N2O5/c1-28-20(27)15-7-14(8-22-9-15)19(26)23-10-17(25)21(12-23)16(11-24)18(21)13-5-3-2-4-6-13/h2-9,16-18,24-25H,10-12H2,1H3/t16-,17+,18-,21-/m1/s1. The molecule has 1 amide bonds. The summed E-state index contributed by atoms with van der Waals surface area (Å²) < 4.78 is 4.68. The molecule has 2 N–H and O–H groups in total. The number of hydrogen-bond donors (Lipinski definition) is 2. The van der Waals surface area contributed by atoms with Crippen molar-refractivity contribution in [3.05, 3.63) is 65.5 Å². The highest BCUT2D eigenvalue weighted by Crippen LogP contribution is 2.68. The number of aliphatic hydroxyl groups excluding tert-OH is 2. The molecule has 4 atom stereocenters. The Hall–Kier alpha value is -2.77.